The first kappa shape index (κ1) is 9.67. The molecule has 1 atom stereocenters. The van der Waals surface area contributed by atoms with Crippen LogP contribution in [0.2, 0.25) is 0 Å². The van der Waals surface area contributed by atoms with Gasteiger partial charge in [0.1, 0.15) is 0 Å². The summed E-state index contributed by atoms with van der Waals surface area (Å²) in [7, 11) is 0. The molecular weight excluding hydrogens is 166 g/mol. The van der Waals surface area contributed by atoms with Crippen LogP contribution in [-0.2, 0) is 4.79 Å². The molecule has 4 nitrogen and oxygen atoms in total. The highest BCUT2D eigenvalue weighted by atomic mass is 16.1. The Morgan fingerprint density at radius 3 is 2.77 bits per heavy atom. The number of carbonyl (C=O) groups excluding carboxylic acids is 1. The summed E-state index contributed by atoms with van der Waals surface area (Å²) >= 11 is 0. The lowest BCUT2D eigenvalue weighted by Crippen LogP contribution is -2.32. The summed E-state index contributed by atoms with van der Waals surface area (Å²) in [6.07, 6.45) is 3.39. The summed E-state index contributed by atoms with van der Waals surface area (Å²) in [5, 5.41) is 2.75. The van der Waals surface area contributed by atoms with Gasteiger partial charge in [-0.25, -0.2) is 0 Å². The van der Waals surface area contributed by atoms with E-state index in [-0.39, 0.29) is 18.5 Å². The second-order valence-electron chi connectivity index (χ2n) is 2.77. The van der Waals surface area contributed by atoms with Crippen molar-refractivity contribution in [2.45, 2.75) is 13.0 Å². The summed E-state index contributed by atoms with van der Waals surface area (Å²) in [6, 6.07) is 3.71. The van der Waals surface area contributed by atoms with E-state index in [0.29, 0.717) is 0 Å². The molecule has 4 heteroatoms. The number of aromatic nitrogens is 1. The highest BCUT2D eigenvalue weighted by Crippen LogP contribution is 2.09. The quantitative estimate of drug-likeness (QED) is 0.697. The van der Waals surface area contributed by atoms with E-state index in [4.69, 9.17) is 5.73 Å². The molecule has 0 aliphatic rings. The molecule has 1 heterocycles. The van der Waals surface area contributed by atoms with E-state index in [9.17, 15) is 4.79 Å². The Balaban J connectivity index is 2.59. The van der Waals surface area contributed by atoms with Crippen molar-refractivity contribution >= 4 is 5.91 Å². The van der Waals surface area contributed by atoms with Gasteiger partial charge in [-0.15, -0.1) is 0 Å². The topological polar surface area (TPSA) is 68.0 Å². The number of amides is 1. The van der Waals surface area contributed by atoms with Crippen LogP contribution in [-0.4, -0.2) is 17.4 Å². The maximum atomic E-state index is 10.9. The molecule has 1 aromatic rings. The number of nitrogens with one attached hydrogen (secondary N) is 1. The molecule has 0 fully saturated rings. The molecule has 0 aliphatic heterocycles. The molecule has 0 bridgehead atoms. The predicted molar refractivity (Wildman–Crippen MR) is 49.8 cm³/mol. The van der Waals surface area contributed by atoms with Crippen molar-refractivity contribution in [2.75, 3.05) is 6.54 Å². The summed E-state index contributed by atoms with van der Waals surface area (Å²) in [5.74, 6) is -0.149. The normalized spacial score (nSPS) is 12.2. The van der Waals surface area contributed by atoms with Crippen molar-refractivity contribution in [3.05, 3.63) is 30.1 Å². The molecule has 0 unspecified atom stereocenters. The van der Waals surface area contributed by atoms with Gasteiger partial charge in [-0.2, -0.15) is 0 Å². The fourth-order valence-corrected chi connectivity index (χ4v) is 1.04. The van der Waals surface area contributed by atoms with Crippen LogP contribution in [0.4, 0.5) is 0 Å². The van der Waals surface area contributed by atoms with Crippen LogP contribution in [0.5, 0.6) is 0 Å². The third-order valence-electron chi connectivity index (χ3n) is 1.77. The van der Waals surface area contributed by atoms with Crippen LogP contribution in [0.1, 0.15) is 18.5 Å². The number of hydrogen-bond donors (Lipinski definition) is 2. The third kappa shape index (κ3) is 2.83. The summed E-state index contributed by atoms with van der Waals surface area (Å²) in [6.45, 7) is 1.93. The van der Waals surface area contributed by atoms with Crippen molar-refractivity contribution in [2.24, 2.45) is 5.73 Å². The minimum atomic E-state index is -0.149. The molecule has 70 valence electrons. The third-order valence-corrected chi connectivity index (χ3v) is 1.77. The highest BCUT2D eigenvalue weighted by Gasteiger charge is 2.06. The first-order chi connectivity index (χ1) is 6.24. The van der Waals surface area contributed by atoms with E-state index in [1.54, 1.807) is 12.4 Å². The van der Waals surface area contributed by atoms with Crippen LogP contribution in [0.3, 0.4) is 0 Å². The van der Waals surface area contributed by atoms with Gasteiger partial charge >= 0.3 is 0 Å². The van der Waals surface area contributed by atoms with E-state index in [2.05, 4.69) is 10.3 Å². The predicted octanol–water partition coefficient (Wildman–Crippen LogP) is 0.217. The maximum absolute atomic E-state index is 10.9. The summed E-state index contributed by atoms with van der Waals surface area (Å²) in [5.41, 5.74) is 6.20. The van der Waals surface area contributed by atoms with Crippen molar-refractivity contribution in [1.29, 1.82) is 0 Å². The zero-order valence-corrected chi connectivity index (χ0v) is 7.53. The fraction of sp³-hybridized carbons (Fsp3) is 0.333. The van der Waals surface area contributed by atoms with Gasteiger partial charge in [-0.1, -0.05) is 0 Å². The fourth-order valence-electron chi connectivity index (χ4n) is 1.04. The molecule has 0 spiro atoms. The average molecular weight is 179 g/mol. The van der Waals surface area contributed by atoms with E-state index in [1.165, 1.54) is 0 Å². The zero-order valence-electron chi connectivity index (χ0n) is 7.53. The molecule has 0 saturated carbocycles. The summed E-state index contributed by atoms with van der Waals surface area (Å²) in [4.78, 5) is 14.8. The molecule has 1 amide bonds. The lowest BCUT2D eigenvalue weighted by molar-refractivity contribution is -0.120. The van der Waals surface area contributed by atoms with Crippen LogP contribution in [0.15, 0.2) is 24.5 Å². The largest absolute Gasteiger partial charge is 0.348 e. The van der Waals surface area contributed by atoms with Gasteiger partial charge in [0, 0.05) is 12.4 Å². The molecular formula is C9H13N3O. The molecule has 0 aromatic carbocycles. The Kier molecular flexibility index (Phi) is 3.40. The Labute approximate surface area is 77.2 Å². The number of carbonyl (C=O) groups is 1. The van der Waals surface area contributed by atoms with Gasteiger partial charge in [0.05, 0.1) is 12.6 Å². The standard InChI is InChI=1S/C9H13N3O/c1-7(12-9(13)6-10)8-2-4-11-5-3-8/h2-5,7H,6,10H2,1H3,(H,12,13)/t7-/m1/s1. The minimum Gasteiger partial charge on any atom is -0.348 e. The van der Waals surface area contributed by atoms with E-state index < -0.39 is 0 Å². The van der Waals surface area contributed by atoms with Crippen molar-refractivity contribution in [3.63, 3.8) is 0 Å². The molecule has 3 N–H and O–H groups in total. The Bertz CT molecular complexity index is 273. The van der Waals surface area contributed by atoms with Gasteiger partial charge in [-0.3, -0.25) is 9.78 Å². The SMILES string of the molecule is C[C@@H](NC(=O)CN)c1ccncc1. The van der Waals surface area contributed by atoms with Gasteiger partial charge in [0.25, 0.3) is 0 Å². The van der Waals surface area contributed by atoms with Crippen LogP contribution in [0, 0.1) is 0 Å². The highest BCUT2D eigenvalue weighted by molar-refractivity contribution is 5.78. The number of nitrogens with two attached hydrogens (primary N) is 1. The van der Waals surface area contributed by atoms with E-state index >= 15 is 0 Å². The van der Waals surface area contributed by atoms with Gasteiger partial charge in [0.2, 0.25) is 5.91 Å². The first-order valence-corrected chi connectivity index (χ1v) is 4.13. The van der Waals surface area contributed by atoms with E-state index in [1.807, 2.05) is 19.1 Å². The van der Waals surface area contributed by atoms with Crippen molar-refractivity contribution in [3.8, 4) is 0 Å². The van der Waals surface area contributed by atoms with Crippen molar-refractivity contribution < 1.29 is 4.79 Å². The molecule has 1 aromatic heterocycles. The average Bonchev–Trinajstić information content (AvgIpc) is 2.19. The number of pyridine rings is 1. The van der Waals surface area contributed by atoms with Crippen LogP contribution >= 0.6 is 0 Å². The number of hydrogen-bond acceptors (Lipinski definition) is 3. The smallest absolute Gasteiger partial charge is 0.234 e. The van der Waals surface area contributed by atoms with Gasteiger partial charge < -0.3 is 11.1 Å². The second-order valence-corrected chi connectivity index (χ2v) is 2.77. The van der Waals surface area contributed by atoms with Crippen LogP contribution < -0.4 is 11.1 Å². The molecule has 0 aliphatic carbocycles. The lowest BCUT2D eigenvalue weighted by Gasteiger charge is -2.12. The Morgan fingerprint density at radius 1 is 1.62 bits per heavy atom. The van der Waals surface area contributed by atoms with E-state index in [0.717, 1.165) is 5.56 Å². The first-order valence-electron chi connectivity index (χ1n) is 4.13. The Morgan fingerprint density at radius 2 is 2.23 bits per heavy atom. The van der Waals surface area contributed by atoms with Crippen molar-refractivity contribution in [1.82, 2.24) is 10.3 Å². The minimum absolute atomic E-state index is 0.0148. The molecule has 0 saturated heterocycles. The number of nitrogens with zero attached hydrogens (tertiary/aromatic N) is 1. The maximum Gasteiger partial charge on any atom is 0.234 e. The zero-order chi connectivity index (χ0) is 9.68. The summed E-state index contributed by atoms with van der Waals surface area (Å²) < 4.78 is 0. The molecule has 1 rings (SSSR count). The second kappa shape index (κ2) is 4.57. The van der Waals surface area contributed by atoms with Gasteiger partial charge in [0.15, 0.2) is 0 Å². The molecule has 13 heavy (non-hydrogen) atoms. The van der Waals surface area contributed by atoms with Gasteiger partial charge in [-0.05, 0) is 24.6 Å². The monoisotopic (exact) mass is 179 g/mol. The molecule has 0 radical (unpaired) electrons. The lowest BCUT2D eigenvalue weighted by atomic mass is 10.1. The van der Waals surface area contributed by atoms with Crippen LogP contribution in [0.25, 0.3) is 0 Å². The Hall–Kier alpha value is -1.42. The number of rotatable bonds is 3.